The number of thioether (sulfide) groups is 2. The molecule has 0 N–H and O–H groups in total. The Morgan fingerprint density at radius 1 is 0.679 bits per heavy atom. The molecule has 0 unspecified atom stereocenters. The van der Waals surface area contributed by atoms with E-state index in [1.165, 1.54) is 11.8 Å². The first kappa shape index (κ1) is 20.3. The van der Waals surface area contributed by atoms with E-state index in [1.807, 2.05) is 36.4 Å². The quantitative estimate of drug-likeness (QED) is 0.240. The topological polar surface area (TPSA) is 12.4 Å². The first-order chi connectivity index (χ1) is 13.5. The Balaban J connectivity index is 1.99. The molecule has 6 heteroatoms. The van der Waals surface area contributed by atoms with Gasteiger partial charge in [-0.05, 0) is 42.5 Å². The molecule has 0 amide bonds. The highest BCUT2D eigenvalue weighted by molar-refractivity contribution is 8.14. The Morgan fingerprint density at radius 2 is 1.14 bits per heavy atom. The Hall–Kier alpha value is -2.44. The number of aliphatic imine (C=N–C) groups is 1. The zero-order valence-corrected chi connectivity index (χ0v) is 16.3. The van der Waals surface area contributed by atoms with Crippen LogP contribution in [0.2, 0.25) is 0 Å². The maximum absolute atomic E-state index is 13.7. The van der Waals surface area contributed by atoms with Crippen LogP contribution in [0, 0.1) is 0 Å². The average molecular weight is 416 g/mol. The summed E-state index contributed by atoms with van der Waals surface area (Å²) >= 11 is 1.89. The molecule has 0 saturated heterocycles. The molecule has 0 heterocycles. The van der Waals surface area contributed by atoms with Crippen LogP contribution in [0.3, 0.4) is 0 Å². The Bertz CT molecular complexity index is 938. The summed E-state index contributed by atoms with van der Waals surface area (Å²) in [6, 6.07) is 26.7. The van der Waals surface area contributed by atoms with Crippen molar-refractivity contribution in [2.24, 2.45) is 4.99 Å². The lowest BCUT2D eigenvalue weighted by atomic mass is 10.3. The third-order valence-corrected chi connectivity index (χ3v) is 5.47. The molecule has 1 nitrogen and oxygen atoms in total. The van der Waals surface area contributed by atoms with Crippen molar-refractivity contribution in [3.8, 4) is 0 Å². The molecule has 0 aromatic heterocycles. The predicted molar refractivity (Wildman–Crippen MR) is 112 cm³/mol. The fourth-order valence-corrected chi connectivity index (χ4v) is 3.99. The lowest BCUT2D eigenvalue weighted by molar-refractivity contribution is -0.0835. The second-order valence-corrected chi connectivity index (χ2v) is 7.83. The summed E-state index contributed by atoms with van der Waals surface area (Å²) in [5, 5.41) is 0.271. The van der Waals surface area contributed by atoms with Gasteiger partial charge in [-0.3, -0.25) is 0 Å². The van der Waals surface area contributed by atoms with Crippen LogP contribution in [0.1, 0.15) is 0 Å². The molecule has 142 valence electrons. The van der Waals surface area contributed by atoms with Crippen molar-refractivity contribution >= 4 is 34.3 Å². The molecule has 3 aromatic carbocycles. The summed E-state index contributed by atoms with van der Waals surface area (Å²) < 4.78 is 41.1. The average Bonchev–Trinajstić information content (AvgIpc) is 2.69. The van der Waals surface area contributed by atoms with Crippen molar-refractivity contribution in [3.63, 3.8) is 0 Å². The summed E-state index contributed by atoms with van der Waals surface area (Å²) in [5.74, 6) is 0. The molecule has 0 aliphatic heterocycles. The number of para-hydroxylation sites is 1. The number of alkyl halides is 3. The second kappa shape index (κ2) is 9.66. The highest BCUT2D eigenvalue weighted by Gasteiger charge is 2.35. The van der Waals surface area contributed by atoms with Gasteiger partial charge in [0.25, 0.3) is 0 Å². The van der Waals surface area contributed by atoms with Crippen LogP contribution in [-0.4, -0.2) is 11.2 Å². The van der Waals surface area contributed by atoms with E-state index < -0.39 is 11.1 Å². The number of nitrogens with zero attached hydrogens (tertiary/aromatic N) is 1. The van der Waals surface area contributed by atoms with Gasteiger partial charge in [-0.2, -0.15) is 13.2 Å². The van der Waals surface area contributed by atoms with Crippen LogP contribution < -0.4 is 0 Å². The zero-order valence-electron chi connectivity index (χ0n) is 14.6. The Kier molecular flexibility index (Phi) is 7.01. The lowest BCUT2D eigenvalue weighted by Crippen LogP contribution is -2.10. The lowest BCUT2D eigenvalue weighted by Gasteiger charge is -2.12. The van der Waals surface area contributed by atoms with Crippen LogP contribution >= 0.6 is 23.5 Å². The predicted octanol–water partition coefficient (Wildman–Crippen LogP) is 7.75. The Morgan fingerprint density at radius 3 is 1.64 bits per heavy atom. The molecule has 3 aromatic rings. The highest BCUT2D eigenvalue weighted by atomic mass is 32.2. The number of hydrogen-bond donors (Lipinski definition) is 0. The van der Waals surface area contributed by atoms with Gasteiger partial charge >= 0.3 is 6.18 Å². The van der Waals surface area contributed by atoms with Crippen molar-refractivity contribution < 1.29 is 13.2 Å². The second-order valence-electron chi connectivity index (χ2n) is 5.62. The van der Waals surface area contributed by atoms with E-state index in [4.69, 9.17) is 0 Å². The summed E-state index contributed by atoms with van der Waals surface area (Å²) in [6.07, 6.45) is -3.36. The van der Waals surface area contributed by atoms with Crippen molar-refractivity contribution in [2.75, 3.05) is 0 Å². The van der Waals surface area contributed by atoms with Gasteiger partial charge in [0.1, 0.15) is 5.04 Å². The van der Waals surface area contributed by atoms with Crippen LogP contribution in [0.4, 0.5) is 18.9 Å². The first-order valence-corrected chi connectivity index (χ1v) is 10.0. The fourth-order valence-electron chi connectivity index (χ4n) is 2.22. The van der Waals surface area contributed by atoms with E-state index in [0.29, 0.717) is 22.3 Å². The SMILES string of the molecule is FC(F)(F)/C(=C/C(=Nc1ccccc1)Sc1ccccc1)Sc1ccccc1. The van der Waals surface area contributed by atoms with Gasteiger partial charge in [-0.15, -0.1) is 0 Å². The molecule has 0 aliphatic carbocycles. The van der Waals surface area contributed by atoms with Gasteiger partial charge in [0.2, 0.25) is 0 Å². The minimum Gasteiger partial charge on any atom is -0.242 e. The summed E-state index contributed by atoms with van der Waals surface area (Å²) in [5.41, 5.74) is 0.600. The highest BCUT2D eigenvalue weighted by Crippen LogP contribution is 2.40. The molecule has 0 radical (unpaired) electrons. The number of rotatable bonds is 5. The summed E-state index contributed by atoms with van der Waals surface area (Å²) in [6.45, 7) is 0. The first-order valence-electron chi connectivity index (χ1n) is 8.39. The number of halogens is 3. The fraction of sp³-hybridized carbons (Fsp3) is 0.0455. The third-order valence-electron chi connectivity index (χ3n) is 3.47. The molecule has 0 bridgehead atoms. The standard InChI is InChI=1S/C22H16F3NS2/c23-22(24,25)20(27-18-12-6-2-7-13-18)16-21(26-17-10-4-1-5-11-17)28-19-14-8-3-9-15-19/h1-16H/b20-16-,26-21?. The van der Waals surface area contributed by atoms with E-state index >= 15 is 0 Å². The molecular formula is C22H16F3NS2. The van der Waals surface area contributed by atoms with Crippen molar-refractivity contribution in [3.05, 3.63) is 102 Å². The van der Waals surface area contributed by atoms with E-state index in [1.54, 1.807) is 54.6 Å². The van der Waals surface area contributed by atoms with Crippen molar-refractivity contribution in [1.29, 1.82) is 0 Å². The van der Waals surface area contributed by atoms with Gasteiger partial charge in [-0.25, -0.2) is 4.99 Å². The molecule has 0 atom stereocenters. The van der Waals surface area contributed by atoms with Gasteiger partial charge in [0, 0.05) is 9.79 Å². The summed E-state index contributed by atoms with van der Waals surface area (Å²) in [4.78, 5) is 5.07. The number of hydrogen-bond acceptors (Lipinski definition) is 3. The summed E-state index contributed by atoms with van der Waals surface area (Å²) in [7, 11) is 0. The van der Waals surface area contributed by atoms with Gasteiger partial charge < -0.3 is 0 Å². The zero-order chi connectivity index (χ0) is 19.8. The van der Waals surface area contributed by atoms with Gasteiger partial charge in [0.15, 0.2) is 0 Å². The molecule has 3 rings (SSSR count). The third kappa shape index (κ3) is 6.32. The van der Waals surface area contributed by atoms with E-state index in [2.05, 4.69) is 4.99 Å². The molecule has 0 fully saturated rings. The molecule has 28 heavy (non-hydrogen) atoms. The molecule has 0 spiro atoms. The van der Waals surface area contributed by atoms with Gasteiger partial charge in [-0.1, -0.05) is 78.1 Å². The van der Waals surface area contributed by atoms with E-state index in [0.717, 1.165) is 11.0 Å². The molecule has 0 aliphatic rings. The van der Waals surface area contributed by atoms with Crippen LogP contribution in [-0.2, 0) is 0 Å². The van der Waals surface area contributed by atoms with Crippen LogP contribution in [0.5, 0.6) is 0 Å². The maximum atomic E-state index is 13.7. The van der Waals surface area contributed by atoms with Crippen LogP contribution in [0.15, 0.2) is 117 Å². The largest absolute Gasteiger partial charge is 0.422 e. The van der Waals surface area contributed by atoms with E-state index in [-0.39, 0.29) is 5.04 Å². The smallest absolute Gasteiger partial charge is 0.242 e. The normalized spacial score (nSPS) is 12.8. The number of allylic oxidation sites excluding steroid dienone is 1. The monoisotopic (exact) mass is 415 g/mol. The Labute approximate surface area is 170 Å². The number of benzene rings is 3. The van der Waals surface area contributed by atoms with Gasteiger partial charge in [0.05, 0.1) is 10.6 Å². The van der Waals surface area contributed by atoms with Crippen molar-refractivity contribution in [2.45, 2.75) is 16.0 Å². The van der Waals surface area contributed by atoms with Crippen LogP contribution in [0.25, 0.3) is 0 Å². The maximum Gasteiger partial charge on any atom is 0.422 e. The molecule has 0 saturated carbocycles. The van der Waals surface area contributed by atoms with Crippen molar-refractivity contribution in [1.82, 2.24) is 0 Å². The minimum absolute atomic E-state index is 0.271. The minimum atomic E-state index is -4.48. The van der Waals surface area contributed by atoms with E-state index in [9.17, 15) is 13.2 Å². The molecular weight excluding hydrogens is 399 g/mol.